The predicted octanol–water partition coefficient (Wildman–Crippen LogP) is 3.32. The maximum Gasteiger partial charge on any atom is 0.315 e. The van der Waals surface area contributed by atoms with E-state index in [9.17, 15) is 4.79 Å². The van der Waals surface area contributed by atoms with E-state index in [1.165, 1.54) is 36.1 Å². The number of carbonyl (C=O) groups excluding carboxylic acids is 1. The average molecular weight is 424 g/mol. The molecule has 31 heavy (non-hydrogen) atoms. The Morgan fingerprint density at radius 1 is 1.23 bits per heavy atom. The van der Waals surface area contributed by atoms with Gasteiger partial charge in [0.2, 0.25) is 0 Å². The van der Waals surface area contributed by atoms with E-state index in [4.69, 9.17) is 4.74 Å². The fourth-order valence-corrected chi connectivity index (χ4v) is 6.94. The van der Waals surface area contributed by atoms with E-state index in [1.54, 1.807) is 10.5 Å². The number of allylic oxidation sites excluding steroid dienone is 1. The summed E-state index contributed by atoms with van der Waals surface area (Å²) in [5.41, 5.74) is 6.01. The van der Waals surface area contributed by atoms with Crippen LogP contribution >= 0.6 is 0 Å². The van der Waals surface area contributed by atoms with Crippen molar-refractivity contribution in [2.24, 2.45) is 23.2 Å². The summed E-state index contributed by atoms with van der Waals surface area (Å²) in [5, 5.41) is 0. The first-order chi connectivity index (χ1) is 14.9. The Kier molecular flexibility index (Phi) is 5.40. The number of nitrogens with zero attached hydrogens (tertiary/aromatic N) is 1. The molecule has 0 unspecified atom stereocenters. The van der Waals surface area contributed by atoms with Crippen LogP contribution < -0.4 is 9.80 Å². The minimum Gasteiger partial charge on any atom is -0.461 e. The van der Waals surface area contributed by atoms with Crippen LogP contribution in [-0.4, -0.2) is 44.8 Å². The molecule has 0 spiro atoms. The van der Waals surface area contributed by atoms with E-state index in [2.05, 4.69) is 56.9 Å². The molecule has 2 aliphatic carbocycles. The molecule has 2 heterocycles. The fourth-order valence-electron chi connectivity index (χ4n) is 6.94. The quantitative estimate of drug-likeness (QED) is 0.598. The number of carbonyl (C=O) groups is 1. The highest BCUT2D eigenvalue weighted by Gasteiger charge is 2.52. The summed E-state index contributed by atoms with van der Waals surface area (Å²) >= 11 is 0. The highest BCUT2D eigenvalue weighted by atomic mass is 16.6. The molecule has 1 aromatic carbocycles. The second-order valence-corrected chi connectivity index (χ2v) is 11.0. The van der Waals surface area contributed by atoms with Gasteiger partial charge in [0, 0.05) is 11.6 Å². The molecule has 0 radical (unpaired) electrons. The lowest BCUT2D eigenvalue weighted by Gasteiger charge is -2.46. The molecule has 1 N–H and O–H groups in total. The highest BCUT2D eigenvalue weighted by Crippen LogP contribution is 2.53. The number of rotatable bonds is 3. The maximum absolute atomic E-state index is 12.9. The molecule has 0 aromatic heterocycles. The standard InChI is InChI=1S/C27H38N2O2/c1-18-7-5-9-24(20(18)3)29-13-11-28(12-14-29)17-22-21-15-23-19(2)8-6-10-27(23,4)16-25(21)31-26(22)30/h5,7,9,15,19,21-22,25H,6,8,10-14,16-17H2,1-4H3/p+1/t19-,21+,22+,25+,27+/m0/s1. The third-order valence-corrected chi connectivity index (χ3v) is 8.98. The van der Waals surface area contributed by atoms with Gasteiger partial charge in [0.05, 0.1) is 32.7 Å². The molecular weight excluding hydrogens is 384 g/mol. The van der Waals surface area contributed by atoms with E-state index in [0.717, 1.165) is 39.1 Å². The normalized spacial score (nSPS) is 35.9. The Hall–Kier alpha value is -1.81. The van der Waals surface area contributed by atoms with E-state index in [0.29, 0.717) is 11.8 Å². The summed E-state index contributed by atoms with van der Waals surface area (Å²) < 4.78 is 5.98. The second kappa shape index (κ2) is 7.95. The third-order valence-electron chi connectivity index (χ3n) is 8.98. The maximum atomic E-state index is 12.9. The number of hydrogen-bond donors (Lipinski definition) is 1. The molecule has 4 nitrogen and oxygen atoms in total. The van der Waals surface area contributed by atoms with Crippen molar-refractivity contribution in [1.29, 1.82) is 0 Å². The van der Waals surface area contributed by atoms with Gasteiger partial charge in [-0.05, 0) is 61.6 Å². The summed E-state index contributed by atoms with van der Waals surface area (Å²) in [4.78, 5) is 17.0. The molecule has 4 aliphatic rings. The number of esters is 1. The van der Waals surface area contributed by atoms with E-state index < -0.39 is 0 Å². The van der Waals surface area contributed by atoms with Gasteiger partial charge in [0.15, 0.2) is 0 Å². The van der Waals surface area contributed by atoms with Crippen LogP contribution in [-0.2, 0) is 9.53 Å². The lowest BCUT2D eigenvalue weighted by Crippen LogP contribution is -3.15. The number of piperazine rings is 1. The van der Waals surface area contributed by atoms with E-state index in [1.807, 2.05) is 0 Å². The van der Waals surface area contributed by atoms with Crippen LogP contribution in [0.3, 0.4) is 0 Å². The van der Waals surface area contributed by atoms with Crippen LogP contribution in [0, 0.1) is 37.0 Å². The first-order valence-electron chi connectivity index (χ1n) is 12.4. The highest BCUT2D eigenvalue weighted by molar-refractivity contribution is 5.76. The monoisotopic (exact) mass is 423 g/mol. The van der Waals surface area contributed by atoms with Crippen molar-refractivity contribution in [3.05, 3.63) is 41.0 Å². The number of benzene rings is 1. The second-order valence-electron chi connectivity index (χ2n) is 11.0. The lowest BCUT2D eigenvalue weighted by atomic mass is 9.59. The number of hydrogen-bond acceptors (Lipinski definition) is 3. The first kappa shape index (κ1) is 21.1. The number of aryl methyl sites for hydroxylation is 1. The van der Waals surface area contributed by atoms with Gasteiger partial charge < -0.3 is 14.5 Å². The third kappa shape index (κ3) is 3.71. The zero-order valence-electron chi connectivity index (χ0n) is 19.7. The molecule has 3 fully saturated rings. The Balaban J connectivity index is 1.27. The van der Waals surface area contributed by atoms with Gasteiger partial charge in [-0.2, -0.15) is 0 Å². The fraction of sp³-hybridized carbons (Fsp3) is 0.667. The van der Waals surface area contributed by atoms with Crippen molar-refractivity contribution >= 4 is 11.7 Å². The Morgan fingerprint density at radius 3 is 2.77 bits per heavy atom. The van der Waals surface area contributed by atoms with Crippen molar-refractivity contribution in [2.75, 3.05) is 37.6 Å². The van der Waals surface area contributed by atoms with Gasteiger partial charge in [-0.3, -0.25) is 4.79 Å². The van der Waals surface area contributed by atoms with Crippen LogP contribution in [0.1, 0.15) is 50.7 Å². The van der Waals surface area contributed by atoms with Gasteiger partial charge in [0.1, 0.15) is 12.0 Å². The molecule has 0 bridgehead atoms. The SMILES string of the molecule is Cc1cccc(N2CC[NH+](C[C@H]3C(=O)O[C@@H]4C[C@@]5(C)CCC[C@H](C)C5=C[C@@H]43)CC2)c1C. The number of fused-ring (bicyclic) bond motifs is 2. The van der Waals surface area contributed by atoms with Gasteiger partial charge in [0.25, 0.3) is 0 Å². The van der Waals surface area contributed by atoms with Crippen LogP contribution in [0.15, 0.2) is 29.8 Å². The van der Waals surface area contributed by atoms with Gasteiger partial charge in [-0.25, -0.2) is 0 Å². The summed E-state index contributed by atoms with van der Waals surface area (Å²) in [6.45, 7) is 14.5. The first-order valence-corrected chi connectivity index (χ1v) is 12.4. The summed E-state index contributed by atoms with van der Waals surface area (Å²) in [7, 11) is 0. The minimum absolute atomic E-state index is 0.0402. The average Bonchev–Trinajstić information content (AvgIpc) is 3.03. The molecule has 5 atom stereocenters. The Morgan fingerprint density at radius 2 is 2.00 bits per heavy atom. The summed E-state index contributed by atoms with van der Waals surface area (Å²) in [6.07, 6.45) is 7.49. The van der Waals surface area contributed by atoms with Crippen molar-refractivity contribution < 1.29 is 14.4 Å². The number of anilines is 1. The zero-order chi connectivity index (χ0) is 21.8. The number of quaternary nitrogens is 1. The van der Waals surface area contributed by atoms with Crippen molar-refractivity contribution in [3.8, 4) is 0 Å². The van der Waals surface area contributed by atoms with E-state index >= 15 is 0 Å². The lowest BCUT2D eigenvalue weighted by molar-refractivity contribution is -0.903. The van der Waals surface area contributed by atoms with Crippen molar-refractivity contribution in [2.45, 2.75) is 59.5 Å². The number of ether oxygens (including phenoxy) is 1. The van der Waals surface area contributed by atoms with Gasteiger partial charge >= 0.3 is 5.97 Å². The molecular formula is C27H39N2O2+. The topological polar surface area (TPSA) is 34.0 Å². The van der Waals surface area contributed by atoms with Gasteiger partial charge in [-0.1, -0.05) is 44.1 Å². The smallest absolute Gasteiger partial charge is 0.315 e. The molecule has 4 heteroatoms. The molecule has 168 valence electrons. The molecule has 2 aliphatic heterocycles. The molecule has 2 saturated heterocycles. The molecule has 1 saturated carbocycles. The molecule has 1 aromatic rings. The van der Waals surface area contributed by atoms with Crippen LogP contribution in [0.5, 0.6) is 0 Å². The Bertz CT molecular complexity index is 885. The van der Waals surface area contributed by atoms with Crippen LogP contribution in [0.25, 0.3) is 0 Å². The van der Waals surface area contributed by atoms with Crippen molar-refractivity contribution in [1.82, 2.24) is 0 Å². The van der Waals surface area contributed by atoms with Crippen LogP contribution in [0.2, 0.25) is 0 Å². The zero-order valence-corrected chi connectivity index (χ0v) is 19.7. The largest absolute Gasteiger partial charge is 0.461 e. The summed E-state index contributed by atoms with van der Waals surface area (Å²) in [6, 6.07) is 6.62. The summed E-state index contributed by atoms with van der Waals surface area (Å²) in [5.74, 6) is 1.05. The molecule has 0 amide bonds. The van der Waals surface area contributed by atoms with Crippen LogP contribution in [0.4, 0.5) is 5.69 Å². The van der Waals surface area contributed by atoms with Crippen molar-refractivity contribution in [3.63, 3.8) is 0 Å². The van der Waals surface area contributed by atoms with Gasteiger partial charge in [-0.15, -0.1) is 0 Å². The minimum atomic E-state index is 0.0402. The molecule has 5 rings (SSSR count). The Labute approximate surface area is 187 Å². The predicted molar refractivity (Wildman–Crippen MR) is 124 cm³/mol. The number of nitrogens with one attached hydrogen (secondary N) is 1. The van der Waals surface area contributed by atoms with E-state index in [-0.39, 0.29) is 23.4 Å².